The topological polar surface area (TPSA) is 81.3 Å². The average Bonchev–Trinajstić information content (AvgIpc) is 2.66. The van der Waals surface area contributed by atoms with Gasteiger partial charge in [0.25, 0.3) is 0 Å². The van der Waals surface area contributed by atoms with E-state index in [-0.39, 0.29) is 24.0 Å². The van der Waals surface area contributed by atoms with E-state index in [0.29, 0.717) is 19.1 Å². The summed E-state index contributed by atoms with van der Waals surface area (Å²) in [5, 5.41) is 3.16. The van der Waals surface area contributed by atoms with E-state index in [1.165, 1.54) is 0 Å². The molecule has 7 nitrogen and oxygen atoms in total. The fourth-order valence-corrected chi connectivity index (χ4v) is 2.54. The highest BCUT2D eigenvalue weighted by atomic mass is 127. The van der Waals surface area contributed by atoms with Gasteiger partial charge in [-0.2, -0.15) is 0 Å². The minimum Gasteiger partial charge on any atom is -0.497 e. The minimum atomic E-state index is 0. The van der Waals surface area contributed by atoms with E-state index in [1.807, 2.05) is 24.3 Å². The molecule has 8 heteroatoms. The first-order chi connectivity index (χ1) is 12.3. The van der Waals surface area contributed by atoms with E-state index >= 15 is 0 Å². The molecule has 1 aromatic carbocycles. The second-order valence-corrected chi connectivity index (χ2v) is 5.88. The van der Waals surface area contributed by atoms with Crippen molar-refractivity contribution in [2.75, 3.05) is 59.7 Å². The first kappa shape index (κ1) is 22.8. The lowest BCUT2D eigenvalue weighted by Crippen LogP contribution is -2.39. The summed E-state index contributed by atoms with van der Waals surface area (Å²) in [4.78, 5) is 6.73. The summed E-state index contributed by atoms with van der Waals surface area (Å²) in [6.07, 6.45) is 1.86. The van der Waals surface area contributed by atoms with Gasteiger partial charge < -0.3 is 25.3 Å². The molecule has 1 aliphatic heterocycles. The number of aliphatic imine (C=N–C) groups is 1. The van der Waals surface area contributed by atoms with Crippen molar-refractivity contribution in [2.45, 2.75) is 12.8 Å². The number of benzene rings is 1. The molecule has 26 heavy (non-hydrogen) atoms. The Labute approximate surface area is 173 Å². The summed E-state index contributed by atoms with van der Waals surface area (Å²) in [7, 11) is 1.64. The molecule has 0 saturated carbocycles. The predicted octanol–water partition coefficient (Wildman–Crippen LogP) is 1.71. The highest BCUT2D eigenvalue weighted by Gasteiger charge is 2.08. The van der Waals surface area contributed by atoms with Crippen molar-refractivity contribution < 1.29 is 14.2 Å². The van der Waals surface area contributed by atoms with Gasteiger partial charge >= 0.3 is 0 Å². The Kier molecular flexibility index (Phi) is 12.2. The molecule has 3 N–H and O–H groups in total. The Hall–Kier alpha value is -1.26. The van der Waals surface area contributed by atoms with Crippen LogP contribution in [0.15, 0.2) is 29.3 Å². The Morgan fingerprint density at radius 3 is 2.81 bits per heavy atom. The van der Waals surface area contributed by atoms with Gasteiger partial charge in [-0.15, -0.1) is 24.0 Å². The third kappa shape index (κ3) is 9.44. The van der Waals surface area contributed by atoms with Gasteiger partial charge in [-0.05, 0) is 25.1 Å². The highest BCUT2D eigenvalue weighted by Crippen LogP contribution is 2.18. The van der Waals surface area contributed by atoms with E-state index in [4.69, 9.17) is 19.9 Å². The lowest BCUT2D eigenvalue weighted by atomic mass is 10.3. The molecule has 0 bridgehead atoms. The van der Waals surface area contributed by atoms with Crippen LogP contribution in [0.3, 0.4) is 0 Å². The normalized spacial score (nSPS) is 15.2. The zero-order valence-electron chi connectivity index (χ0n) is 15.5. The van der Waals surface area contributed by atoms with E-state index in [1.54, 1.807) is 7.11 Å². The number of ether oxygens (including phenoxy) is 3. The van der Waals surface area contributed by atoms with Crippen LogP contribution in [0.25, 0.3) is 0 Å². The number of methoxy groups -OCH3 is 1. The van der Waals surface area contributed by atoms with E-state index in [9.17, 15) is 0 Å². The highest BCUT2D eigenvalue weighted by molar-refractivity contribution is 14.0. The van der Waals surface area contributed by atoms with Crippen molar-refractivity contribution >= 4 is 29.9 Å². The lowest BCUT2D eigenvalue weighted by molar-refractivity contribution is 0.0376. The molecule has 0 aromatic heterocycles. The third-order valence-corrected chi connectivity index (χ3v) is 3.96. The van der Waals surface area contributed by atoms with Crippen LogP contribution in [0.1, 0.15) is 12.8 Å². The van der Waals surface area contributed by atoms with Crippen LogP contribution < -0.4 is 20.5 Å². The molecule has 0 unspecified atom stereocenters. The van der Waals surface area contributed by atoms with Crippen LogP contribution in [0.4, 0.5) is 0 Å². The number of hydrogen-bond donors (Lipinski definition) is 2. The quantitative estimate of drug-likeness (QED) is 0.231. The Morgan fingerprint density at radius 2 is 2.04 bits per heavy atom. The predicted molar refractivity (Wildman–Crippen MR) is 115 cm³/mol. The molecular formula is C18H31IN4O3. The number of nitrogens with two attached hydrogens (primary N) is 1. The summed E-state index contributed by atoms with van der Waals surface area (Å²) in [6, 6.07) is 7.58. The molecule has 1 fully saturated rings. The first-order valence-corrected chi connectivity index (χ1v) is 8.88. The molecular weight excluding hydrogens is 447 g/mol. The minimum absolute atomic E-state index is 0. The second-order valence-electron chi connectivity index (χ2n) is 5.88. The number of hydrogen-bond acceptors (Lipinski definition) is 5. The summed E-state index contributed by atoms with van der Waals surface area (Å²) in [5.41, 5.74) is 5.87. The molecule has 1 heterocycles. The van der Waals surface area contributed by atoms with Gasteiger partial charge in [0.1, 0.15) is 11.5 Å². The average molecular weight is 478 g/mol. The van der Waals surface area contributed by atoms with Crippen LogP contribution >= 0.6 is 24.0 Å². The fraction of sp³-hybridized carbons (Fsp3) is 0.611. The largest absolute Gasteiger partial charge is 0.497 e. The van der Waals surface area contributed by atoms with Crippen molar-refractivity contribution in [1.29, 1.82) is 0 Å². The van der Waals surface area contributed by atoms with Crippen LogP contribution in [-0.4, -0.2) is 70.5 Å². The Balaban J connectivity index is 0.00000338. The number of morpholine rings is 1. The van der Waals surface area contributed by atoms with Crippen LogP contribution in [0, 0.1) is 0 Å². The zero-order chi connectivity index (χ0) is 17.7. The molecule has 0 spiro atoms. The third-order valence-electron chi connectivity index (χ3n) is 3.96. The van der Waals surface area contributed by atoms with E-state index in [0.717, 1.165) is 63.7 Å². The van der Waals surface area contributed by atoms with Gasteiger partial charge in [0.2, 0.25) is 0 Å². The van der Waals surface area contributed by atoms with Gasteiger partial charge in [0.15, 0.2) is 5.96 Å². The molecule has 1 aromatic rings. The summed E-state index contributed by atoms with van der Waals surface area (Å²) in [5.74, 6) is 2.10. The molecule has 0 aliphatic carbocycles. The number of rotatable bonds is 10. The molecule has 0 amide bonds. The van der Waals surface area contributed by atoms with Gasteiger partial charge in [-0.1, -0.05) is 6.07 Å². The summed E-state index contributed by atoms with van der Waals surface area (Å²) in [6.45, 7) is 6.88. The molecule has 1 saturated heterocycles. The molecule has 148 valence electrons. The molecule has 0 atom stereocenters. The first-order valence-electron chi connectivity index (χ1n) is 8.88. The number of guanidine groups is 1. The smallest absolute Gasteiger partial charge is 0.188 e. The van der Waals surface area contributed by atoms with Crippen molar-refractivity contribution in [2.24, 2.45) is 10.7 Å². The van der Waals surface area contributed by atoms with Crippen LogP contribution in [0.5, 0.6) is 11.5 Å². The molecule has 0 radical (unpaired) electrons. The fourth-order valence-electron chi connectivity index (χ4n) is 2.54. The maximum absolute atomic E-state index is 5.87. The SMILES string of the molecule is COc1cccc(OCCCN=C(N)NCCCN2CCOCC2)c1.I. The monoisotopic (exact) mass is 478 g/mol. The van der Waals surface area contributed by atoms with Crippen LogP contribution in [0.2, 0.25) is 0 Å². The van der Waals surface area contributed by atoms with E-state index < -0.39 is 0 Å². The lowest BCUT2D eigenvalue weighted by Gasteiger charge is -2.26. The van der Waals surface area contributed by atoms with Gasteiger partial charge in [-0.25, -0.2) is 0 Å². The Bertz CT molecular complexity index is 525. The Morgan fingerprint density at radius 1 is 1.27 bits per heavy atom. The number of halogens is 1. The van der Waals surface area contributed by atoms with E-state index in [2.05, 4.69) is 15.2 Å². The summed E-state index contributed by atoms with van der Waals surface area (Å²) < 4.78 is 16.2. The molecule has 2 rings (SSSR count). The number of nitrogens with one attached hydrogen (secondary N) is 1. The van der Waals surface area contributed by atoms with Crippen molar-refractivity contribution in [3.63, 3.8) is 0 Å². The summed E-state index contributed by atoms with van der Waals surface area (Å²) >= 11 is 0. The zero-order valence-corrected chi connectivity index (χ0v) is 17.8. The maximum atomic E-state index is 5.87. The van der Waals surface area contributed by atoms with Crippen molar-refractivity contribution in [1.82, 2.24) is 10.2 Å². The van der Waals surface area contributed by atoms with Crippen molar-refractivity contribution in [3.8, 4) is 11.5 Å². The van der Waals surface area contributed by atoms with Crippen molar-refractivity contribution in [3.05, 3.63) is 24.3 Å². The standard InChI is InChI=1S/C18H30N4O3.HI/c1-23-16-5-2-6-17(15-16)25-12-4-8-21-18(19)20-7-3-9-22-10-13-24-14-11-22;/h2,5-6,15H,3-4,7-14H2,1H3,(H3,19,20,21);1H. The maximum Gasteiger partial charge on any atom is 0.188 e. The van der Waals surface area contributed by atoms with Gasteiger partial charge in [0.05, 0.1) is 26.9 Å². The molecule has 1 aliphatic rings. The van der Waals surface area contributed by atoms with Crippen LogP contribution in [-0.2, 0) is 4.74 Å². The van der Waals surface area contributed by atoms with Gasteiger partial charge in [0, 0.05) is 38.7 Å². The number of nitrogens with zero attached hydrogens (tertiary/aromatic N) is 2. The second kappa shape index (κ2) is 13.9. The van der Waals surface area contributed by atoms with Gasteiger partial charge in [-0.3, -0.25) is 9.89 Å².